The van der Waals surface area contributed by atoms with Crippen LogP contribution >= 0.6 is 15.9 Å². The molecular weight excluding hydrogens is 314 g/mol. The van der Waals surface area contributed by atoms with Crippen LogP contribution in [0.15, 0.2) is 28.9 Å². The topological polar surface area (TPSA) is 19.7 Å². The fourth-order valence-electron chi connectivity index (χ4n) is 3.14. The van der Waals surface area contributed by atoms with Gasteiger partial charge >= 0.3 is 0 Å². The van der Waals surface area contributed by atoms with Gasteiger partial charge in [-0.05, 0) is 47.5 Å². The van der Waals surface area contributed by atoms with E-state index in [0.717, 1.165) is 32.6 Å². The zero-order chi connectivity index (χ0) is 14.1. The second-order valence-electron chi connectivity index (χ2n) is 5.68. The van der Waals surface area contributed by atoms with E-state index in [1.54, 1.807) is 0 Å². The van der Waals surface area contributed by atoms with Gasteiger partial charge in [0.1, 0.15) is 0 Å². The Morgan fingerprint density at radius 1 is 1.30 bits per heavy atom. The van der Waals surface area contributed by atoms with Crippen molar-refractivity contribution in [1.82, 2.24) is 14.6 Å². The Morgan fingerprint density at radius 2 is 2.05 bits per heavy atom. The summed E-state index contributed by atoms with van der Waals surface area (Å²) < 4.78 is 3.57. The van der Waals surface area contributed by atoms with Crippen LogP contribution in [0.5, 0.6) is 0 Å². The van der Waals surface area contributed by atoms with Crippen LogP contribution in [0.2, 0.25) is 0 Å². The highest BCUT2D eigenvalue weighted by Crippen LogP contribution is 2.29. The molecule has 1 aliphatic heterocycles. The van der Waals surface area contributed by atoms with Gasteiger partial charge in [-0.1, -0.05) is 6.07 Å². The maximum Gasteiger partial charge on any atom is 0.0597 e. The molecule has 1 atom stereocenters. The minimum Gasteiger partial charge on any atom is -0.319 e. The number of piperazine rings is 1. The number of hydrogen-bond donors (Lipinski definition) is 1. The molecule has 3 rings (SSSR count). The Balaban J connectivity index is 1.88. The summed E-state index contributed by atoms with van der Waals surface area (Å²) in [7, 11) is 0. The van der Waals surface area contributed by atoms with Gasteiger partial charge in [-0.25, -0.2) is 0 Å². The van der Waals surface area contributed by atoms with E-state index in [2.05, 4.69) is 68.8 Å². The minimum atomic E-state index is 0.584. The van der Waals surface area contributed by atoms with Crippen molar-refractivity contribution in [2.75, 3.05) is 26.2 Å². The third-order valence-corrected chi connectivity index (χ3v) is 5.40. The summed E-state index contributed by atoms with van der Waals surface area (Å²) in [5, 5.41) is 3.42. The van der Waals surface area contributed by atoms with Gasteiger partial charge in [0.05, 0.1) is 5.52 Å². The highest BCUT2D eigenvalue weighted by molar-refractivity contribution is 9.10. The third-order valence-electron chi connectivity index (χ3n) is 4.40. The lowest BCUT2D eigenvalue weighted by atomic mass is 10.1. The molecule has 0 aromatic carbocycles. The van der Waals surface area contributed by atoms with Crippen LogP contribution in [0.1, 0.15) is 18.2 Å². The van der Waals surface area contributed by atoms with E-state index in [4.69, 9.17) is 0 Å². The van der Waals surface area contributed by atoms with Gasteiger partial charge < -0.3 is 9.72 Å². The molecule has 2 aromatic rings. The molecule has 1 aliphatic rings. The fourth-order valence-corrected chi connectivity index (χ4v) is 3.69. The zero-order valence-corrected chi connectivity index (χ0v) is 13.8. The molecule has 2 aromatic heterocycles. The van der Waals surface area contributed by atoms with Gasteiger partial charge in [-0.3, -0.25) is 4.90 Å². The number of fused-ring (bicyclic) bond motifs is 1. The van der Waals surface area contributed by atoms with Crippen molar-refractivity contribution in [1.29, 1.82) is 0 Å². The van der Waals surface area contributed by atoms with Crippen LogP contribution < -0.4 is 5.32 Å². The van der Waals surface area contributed by atoms with Crippen molar-refractivity contribution in [2.24, 2.45) is 0 Å². The summed E-state index contributed by atoms with van der Waals surface area (Å²) in [5.41, 5.74) is 4.07. The number of nitrogens with one attached hydrogen (secondary N) is 1. The number of rotatable bonds is 3. The van der Waals surface area contributed by atoms with E-state index in [1.807, 2.05) is 0 Å². The predicted octanol–water partition coefficient (Wildman–Crippen LogP) is 2.85. The molecule has 0 amide bonds. The molecule has 1 N–H and O–H groups in total. The first kappa shape index (κ1) is 14.1. The molecule has 0 radical (unpaired) electrons. The summed E-state index contributed by atoms with van der Waals surface area (Å²) in [4.78, 5) is 2.59. The van der Waals surface area contributed by atoms with Crippen molar-refractivity contribution in [3.63, 3.8) is 0 Å². The lowest BCUT2D eigenvalue weighted by Gasteiger charge is -2.33. The quantitative estimate of drug-likeness (QED) is 0.930. The number of aromatic nitrogens is 1. The number of pyridine rings is 1. The van der Waals surface area contributed by atoms with Gasteiger partial charge in [-0.15, -0.1) is 0 Å². The van der Waals surface area contributed by atoms with E-state index in [-0.39, 0.29) is 0 Å². The van der Waals surface area contributed by atoms with Crippen molar-refractivity contribution in [2.45, 2.75) is 26.3 Å². The molecule has 1 saturated heterocycles. The van der Waals surface area contributed by atoms with Crippen molar-refractivity contribution >= 4 is 21.4 Å². The molecule has 1 fully saturated rings. The Morgan fingerprint density at radius 3 is 2.80 bits per heavy atom. The maximum atomic E-state index is 3.74. The standard InChI is InChI=1S/C16H22BrN3/c1-12(19-9-6-18-7-10-19)11-15-13(2)16(17)14-5-3-4-8-20(14)15/h3-5,8,12,18H,6-7,9-11H2,1-2H3. The Kier molecular flexibility index (Phi) is 4.15. The summed E-state index contributed by atoms with van der Waals surface area (Å²) in [6.07, 6.45) is 3.27. The highest BCUT2D eigenvalue weighted by Gasteiger charge is 2.20. The molecule has 20 heavy (non-hydrogen) atoms. The van der Waals surface area contributed by atoms with Crippen molar-refractivity contribution in [3.05, 3.63) is 40.1 Å². The van der Waals surface area contributed by atoms with Crippen LogP contribution in [0.4, 0.5) is 0 Å². The molecule has 0 saturated carbocycles. The van der Waals surface area contributed by atoms with E-state index in [0.29, 0.717) is 6.04 Å². The SMILES string of the molecule is Cc1c(Br)c2ccccn2c1CC(C)N1CCNCC1. The monoisotopic (exact) mass is 335 g/mol. The first-order chi connectivity index (χ1) is 9.68. The van der Waals surface area contributed by atoms with Crippen molar-refractivity contribution < 1.29 is 0 Å². The summed E-state index contributed by atoms with van der Waals surface area (Å²) in [6, 6.07) is 6.97. The fraction of sp³-hybridized carbons (Fsp3) is 0.500. The lowest BCUT2D eigenvalue weighted by Crippen LogP contribution is -2.48. The van der Waals surface area contributed by atoms with E-state index >= 15 is 0 Å². The maximum absolute atomic E-state index is 3.74. The first-order valence-corrected chi connectivity index (χ1v) is 8.16. The average Bonchev–Trinajstić information content (AvgIpc) is 2.74. The normalized spacial score (nSPS) is 18.6. The molecule has 3 heterocycles. The largest absolute Gasteiger partial charge is 0.319 e. The lowest BCUT2D eigenvalue weighted by molar-refractivity contribution is 0.182. The smallest absolute Gasteiger partial charge is 0.0597 e. The Hall–Kier alpha value is -0.840. The van der Waals surface area contributed by atoms with Crippen LogP contribution in [-0.2, 0) is 6.42 Å². The predicted molar refractivity (Wildman–Crippen MR) is 87.4 cm³/mol. The molecular formula is C16H22BrN3. The van der Waals surface area contributed by atoms with E-state index in [1.165, 1.54) is 21.2 Å². The molecule has 3 nitrogen and oxygen atoms in total. The first-order valence-electron chi connectivity index (χ1n) is 7.37. The molecule has 108 valence electrons. The molecule has 0 spiro atoms. The highest BCUT2D eigenvalue weighted by atomic mass is 79.9. The van der Waals surface area contributed by atoms with E-state index in [9.17, 15) is 0 Å². The van der Waals surface area contributed by atoms with Crippen molar-refractivity contribution in [3.8, 4) is 0 Å². The van der Waals surface area contributed by atoms with Gasteiger partial charge in [0.2, 0.25) is 0 Å². The van der Waals surface area contributed by atoms with Gasteiger partial charge in [0.15, 0.2) is 0 Å². The zero-order valence-electron chi connectivity index (χ0n) is 12.2. The van der Waals surface area contributed by atoms with Crippen LogP contribution in [0.25, 0.3) is 5.52 Å². The molecule has 4 heteroatoms. The van der Waals surface area contributed by atoms with E-state index < -0.39 is 0 Å². The Labute approximate surface area is 129 Å². The number of halogens is 1. The number of nitrogens with zero attached hydrogens (tertiary/aromatic N) is 2. The van der Waals surface area contributed by atoms with Gasteiger partial charge in [-0.2, -0.15) is 0 Å². The molecule has 1 unspecified atom stereocenters. The summed E-state index contributed by atoms with van der Waals surface area (Å²) >= 11 is 3.74. The van der Waals surface area contributed by atoms with Gasteiger partial charge in [0, 0.05) is 55.0 Å². The third kappa shape index (κ3) is 2.52. The Bertz CT molecular complexity index is 599. The second-order valence-corrected chi connectivity index (χ2v) is 6.47. The van der Waals surface area contributed by atoms with Crippen LogP contribution in [-0.4, -0.2) is 41.5 Å². The van der Waals surface area contributed by atoms with Gasteiger partial charge in [0.25, 0.3) is 0 Å². The number of hydrogen-bond acceptors (Lipinski definition) is 2. The summed E-state index contributed by atoms with van der Waals surface area (Å²) in [6.45, 7) is 9.11. The minimum absolute atomic E-state index is 0.584. The average molecular weight is 336 g/mol. The second kappa shape index (κ2) is 5.88. The molecule has 0 aliphatic carbocycles. The van der Waals surface area contributed by atoms with Crippen LogP contribution in [0, 0.1) is 6.92 Å². The van der Waals surface area contributed by atoms with Crippen LogP contribution in [0.3, 0.4) is 0 Å². The summed E-state index contributed by atoms with van der Waals surface area (Å²) in [5.74, 6) is 0. The molecule has 0 bridgehead atoms.